The van der Waals surface area contributed by atoms with E-state index in [9.17, 15) is 18.0 Å². The van der Waals surface area contributed by atoms with E-state index < -0.39 is 12.4 Å². The second-order valence-corrected chi connectivity index (χ2v) is 3.96. The summed E-state index contributed by atoms with van der Waals surface area (Å²) in [6.07, 6.45) is -3.41. The van der Waals surface area contributed by atoms with Crippen LogP contribution in [0.4, 0.5) is 18.9 Å². The van der Waals surface area contributed by atoms with Crippen molar-refractivity contribution in [1.82, 2.24) is 0 Å². The fraction of sp³-hybridized carbons (Fsp3) is 0.417. The van der Waals surface area contributed by atoms with Crippen LogP contribution >= 0.6 is 0 Å². The number of nitrogens with one attached hydrogen (secondary N) is 1. The maximum Gasteiger partial charge on any atom is 0.573 e. The highest BCUT2D eigenvalue weighted by molar-refractivity contribution is 5.94. The van der Waals surface area contributed by atoms with Gasteiger partial charge in [0.2, 0.25) is 5.91 Å². The molecule has 0 aliphatic carbocycles. The molecule has 1 amide bonds. The zero-order valence-corrected chi connectivity index (χ0v) is 10.3. The van der Waals surface area contributed by atoms with E-state index in [-0.39, 0.29) is 11.7 Å². The standard InChI is InChI=1S/C12H15F3N2O2/c1-2-3-10(16)11(18)17-8-4-6-9(7-5-8)19-12(13,14)15/h4-7,10H,2-3,16H2,1H3,(H,17,18)/t10-/m1/s1. The molecule has 0 aromatic heterocycles. The molecule has 0 saturated carbocycles. The Morgan fingerprint density at radius 3 is 2.42 bits per heavy atom. The van der Waals surface area contributed by atoms with E-state index in [1.165, 1.54) is 12.1 Å². The molecule has 0 saturated heterocycles. The second-order valence-electron chi connectivity index (χ2n) is 3.96. The van der Waals surface area contributed by atoms with Crippen LogP contribution in [0.2, 0.25) is 0 Å². The van der Waals surface area contributed by atoms with Gasteiger partial charge in [-0.15, -0.1) is 13.2 Å². The molecule has 1 aromatic carbocycles. The van der Waals surface area contributed by atoms with Crippen molar-refractivity contribution in [2.24, 2.45) is 5.73 Å². The number of carbonyl (C=O) groups is 1. The molecule has 1 aromatic rings. The van der Waals surface area contributed by atoms with Crippen molar-refractivity contribution in [3.63, 3.8) is 0 Å². The molecule has 1 atom stereocenters. The molecule has 3 N–H and O–H groups in total. The summed E-state index contributed by atoms with van der Waals surface area (Å²) in [7, 11) is 0. The van der Waals surface area contributed by atoms with Gasteiger partial charge in [-0.1, -0.05) is 13.3 Å². The molecule has 0 aliphatic rings. The molecular weight excluding hydrogens is 261 g/mol. The lowest BCUT2D eigenvalue weighted by atomic mass is 10.1. The van der Waals surface area contributed by atoms with Crippen LogP contribution in [-0.2, 0) is 4.79 Å². The first-order chi connectivity index (χ1) is 8.81. The van der Waals surface area contributed by atoms with Gasteiger partial charge in [0.1, 0.15) is 5.75 Å². The Kier molecular flexibility index (Phi) is 5.17. The summed E-state index contributed by atoms with van der Waals surface area (Å²) in [6.45, 7) is 1.90. The molecule has 0 bridgehead atoms. The molecule has 0 spiro atoms. The number of anilines is 1. The van der Waals surface area contributed by atoms with Gasteiger partial charge in [-0.2, -0.15) is 0 Å². The van der Waals surface area contributed by atoms with Crippen molar-refractivity contribution in [3.8, 4) is 5.75 Å². The van der Waals surface area contributed by atoms with Gasteiger partial charge < -0.3 is 15.8 Å². The SMILES string of the molecule is CCC[C@@H](N)C(=O)Nc1ccc(OC(F)(F)F)cc1. The summed E-state index contributed by atoms with van der Waals surface area (Å²) in [4.78, 5) is 11.6. The van der Waals surface area contributed by atoms with Crippen molar-refractivity contribution < 1.29 is 22.7 Å². The van der Waals surface area contributed by atoms with Gasteiger partial charge in [0, 0.05) is 5.69 Å². The number of carbonyl (C=O) groups excluding carboxylic acids is 1. The van der Waals surface area contributed by atoms with Crippen molar-refractivity contribution in [1.29, 1.82) is 0 Å². The zero-order valence-electron chi connectivity index (χ0n) is 10.3. The maximum atomic E-state index is 11.9. The van der Waals surface area contributed by atoms with E-state index in [2.05, 4.69) is 10.1 Å². The first-order valence-electron chi connectivity index (χ1n) is 5.74. The summed E-state index contributed by atoms with van der Waals surface area (Å²) in [6, 6.07) is 4.24. The summed E-state index contributed by atoms with van der Waals surface area (Å²) >= 11 is 0. The Morgan fingerprint density at radius 1 is 1.37 bits per heavy atom. The average Bonchev–Trinajstić information content (AvgIpc) is 2.30. The molecular formula is C12H15F3N2O2. The topological polar surface area (TPSA) is 64.4 Å². The highest BCUT2D eigenvalue weighted by Crippen LogP contribution is 2.23. The minimum absolute atomic E-state index is 0.344. The Hall–Kier alpha value is -1.76. The molecule has 1 rings (SSSR count). The van der Waals surface area contributed by atoms with E-state index in [4.69, 9.17) is 5.73 Å². The first kappa shape index (κ1) is 15.3. The lowest BCUT2D eigenvalue weighted by molar-refractivity contribution is -0.274. The largest absolute Gasteiger partial charge is 0.573 e. The van der Waals surface area contributed by atoms with Crippen LogP contribution in [-0.4, -0.2) is 18.3 Å². The molecule has 7 heteroatoms. The molecule has 0 aliphatic heterocycles. The quantitative estimate of drug-likeness (QED) is 0.869. The normalized spacial score (nSPS) is 12.9. The van der Waals surface area contributed by atoms with E-state index in [0.29, 0.717) is 12.1 Å². The van der Waals surface area contributed by atoms with Crippen molar-refractivity contribution >= 4 is 11.6 Å². The molecule has 0 radical (unpaired) electrons. The van der Waals surface area contributed by atoms with Crippen molar-refractivity contribution in [3.05, 3.63) is 24.3 Å². The van der Waals surface area contributed by atoms with Crippen LogP contribution in [0, 0.1) is 0 Å². The van der Waals surface area contributed by atoms with Gasteiger partial charge in [0.15, 0.2) is 0 Å². The third-order valence-electron chi connectivity index (χ3n) is 2.29. The number of nitrogens with two attached hydrogens (primary N) is 1. The predicted octanol–water partition coefficient (Wildman–Crippen LogP) is 2.65. The molecule has 0 heterocycles. The number of rotatable bonds is 5. The monoisotopic (exact) mass is 276 g/mol. The van der Waals surface area contributed by atoms with Crippen LogP contribution in [0.25, 0.3) is 0 Å². The summed E-state index contributed by atoms with van der Waals surface area (Å²) in [5, 5.41) is 2.52. The molecule has 0 fully saturated rings. The number of benzene rings is 1. The van der Waals surface area contributed by atoms with Gasteiger partial charge in [0.05, 0.1) is 6.04 Å². The highest BCUT2D eigenvalue weighted by atomic mass is 19.4. The number of alkyl halides is 3. The third-order valence-corrected chi connectivity index (χ3v) is 2.29. The lowest BCUT2D eigenvalue weighted by Crippen LogP contribution is -2.35. The first-order valence-corrected chi connectivity index (χ1v) is 5.74. The average molecular weight is 276 g/mol. The van der Waals surface area contributed by atoms with Gasteiger partial charge in [-0.3, -0.25) is 4.79 Å². The number of hydrogen-bond acceptors (Lipinski definition) is 3. The predicted molar refractivity (Wildman–Crippen MR) is 64.6 cm³/mol. The fourth-order valence-electron chi connectivity index (χ4n) is 1.42. The minimum atomic E-state index is -4.73. The van der Waals surface area contributed by atoms with E-state index >= 15 is 0 Å². The molecule has 106 valence electrons. The van der Waals surface area contributed by atoms with Gasteiger partial charge in [-0.25, -0.2) is 0 Å². The van der Waals surface area contributed by atoms with Crippen LogP contribution in [0.1, 0.15) is 19.8 Å². The van der Waals surface area contributed by atoms with E-state index in [1.807, 2.05) is 6.92 Å². The Balaban J connectivity index is 2.59. The Bertz CT molecular complexity index is 418. The van der Waals surface area contributed by atoms with Crippen molar-refractivity contribution in [2.75, 3.05) is 5.32 Å². The Morgan fingerprint density at radius 2 is 1.95 bits per heavy atom. The third kappa shape index (κ3) is 5.60. The number of hydrogen-bond donors (Lipinski definition) is 2. The number of ether oxygens (including phenoxy) is 1. The smallest absolute Gasteiger partial charge is 0.406 e. The number of amides is 1. The van der Waals surface area contributed by atoms with Crippen molar-refractivity contribution in [2.45, 2.75) is 32.2 Å². The lowest BCUT2D eigenvalue weighted by Gasteiger charge is -2.12. The van der Waals surface area contributed by atoms with Gasteiger partial charge >= 0.3 is 6.36 Å². The van der Waals surface area contributed by atoms with Crippen LogP contribution in [0.3, 0.4) is 0 Å². The summed E-state index contributed by atoms with van der Waals surface area (Å²) in [5.41, 5.74) is 5.97. The summed E-state index contributed by atoms with van der Waals surface area (Å²) in [5.74, 6) is -0.713. The Labute approximate surface area is 108 Å². The van der Waals surface area contributed by atoms with Crippen LogP contribution in [0.15, 0.2) is 24.3 Å². The number of halogens is 3. The van der Waals surface area contributed by atoms with E-state index in [0.717, 1.165) is 18.6 Å². The van der Waals surface area contributed by atoms with Crippen LogP contribution < -0.4 is 15.8 Å². The molecule has 19 heavy (non-hydrogen) atoms. The zero-order chi connectivity index (χ0) is 14.5. The van der Waals surface area contributed by atoms with Crippen LogP contribution in [0.5, 0.6) is 5.75 Å². The van der Waals surface area contributed by atoms with Gasteiger partial charge in [-0.05, 0) is 30.7 Å². The fourth-order valence-corrected chi connectivity index (χ4v) is 1.42. The van der Waals surface area contributed by atoms with E-state index in [1.54, 1.807) is 0 Å². The maximum absolute atomic E-state index is 11.9. The van der Waals surface area contributed by atoms with Gasteiger partial charge in [0.25, 0.3) is 0 Å². The summed E-state index contributed by atoms with van der Waals surface area (Å²) < 4.78 is 39.5. The highest BCUT2D eigenvalue weighted by Gasteiger charge is 2.30. The molecule has 0 unspecified atom stereocenters. The minimum Gasteiger partial charge on any atom is -0.406 e. The molecule has 4 nitrogen and oxygen atoms in total. The second kappa shape index (κ2) is 6.42.